The Hall–Kier alpha value is -3.76. The summed E-state index contributed by atoms with van der Waals surface area (Å²) in [5.41, 5.74) is 0.189. The van der Waals surface area contributed by atoms with Gasteiger partial charge in [0.2, 0.25) is 0 Å². The molecule has 0 spiro atoms. The number of piperidine rings is 1. The van der Waals surface area contributed by atoms with Crippen LogP contribution in [-0.2, 0) is 14.2 Å². The second-order valence-electron chi connectivity index (χ2n) is 8.75. The van der Waals surface area contributed by atoms with Crippen molar-refractivity contribution in [2.75, 3.05) is 33.4 Å². The van der Waals surface area contributed by atoms with E-state index in [2.05, 4.69) is 0 Å². The second-order valence-corrected chi connectivity index (χ2v) is 9.16. The summed E-state index contributed by atoms with van der Waals surface area (Å²) in [5, 5.41) is 11.0. The van der Waals surface area contributed by atoms with E-state index in [1.165, 1.54) is 12.1 Å². The maximum Gasteiger partial charge on any atom is 0.513 e. The van der Waals surface area contributed by atoms with Crippen molar-refractivity contribution < 1.29 is 38.1 Å². The fourth-order valence-electron chi connectivity index (χ4n) is 4.57. The zero-order valence-corrected chi connectivity index (χ0v) is 21.9. The standard InChI is InChI=1S/C27H28ClNO9/c1-4-34-26(32)37-21-13-19(31)24-18(30)12-20(15-8-6-7-9-17(15)28)36-25(24)23(21)16-10-11-29(3)14-22(16)38-27(33)35-5-2/h6-9,12-13,16,22,31H,4-5,10-11,14H2,1-3H3/t16-,22+/m0/s1. The Morgan fingerprint density at radius 3 is 2.55 bits per heavy atom. The summed E-state index contributed by atoms with van der Waals surface area (Å²) >= 11 is 6.37. The van der Waals surface area contributed by atoms with Gasteiger partial charge >= 0.3 is 12.3 Å². The molecule has 2 atom stereocenters. The number of carbonyl (C=O) groups excluding carboxylic acids is 2. The third kappa shape index (κ3) is 5.71. The number of fused-ring (bicyclic) bond motifs is 1. The van der Waals surface area contributed by atoms with Crippen LogP contribution in [0.2, 0.25) is 5.02 Å². The van der Waals surface area contributed by atoms with E-state index in [1.807, 2.05) is 11.9 Å². The molecular formula is C27H28ClNO9. The number of hydrogen-bond donors (Lipinski definition) is 1. The highest BCUT2D eigenvalue weighted by molar-refractivity contribution is 6.33. The van der Waals surface area contributed by atoms with Crippen molar-refractivity contribution >= 4 is 34.9 Å². The number of likely N-dealkylation sites (N-methyl/N-ethyl adjacent to an activating group) is 1. The van der Waals surface area contributed by atoms with Crippen LogP contribution in [0.3, 0.4) is 0 Å². The number of phenolic OH excluding ortho intramolecular Hbond substituents is 1. The number of ether oxygens (including phenoxy) is 4. The molecule has 11 heteroatoms. The average Bonchev–Trinajstić information content (AvgIpc) is 2.85. The summed E-state index contributed by atoms with van der Waals surface area (Å²) in [4.78, 5) is 39.9. The highest BCUT2D eigenvalue weighted by Gasteiger charge is 2.38. The Morgan fingerprint density at radius 1 is 1.13 bits per heavy atom. The van der Waals surface area contributed by atoms with Gasteiger partial charge in [-0.3, -0.25) is 4.79 Å². The van der Waals surface area contributed by atoms with E-state index in [4.69, 9.17) is 35.0 Å². The first-order chi connectivity index (χ1) is 18.2. The maximum absolute atomic E-state index is 13.3. The van der Waals surface area contributed by atoms with Crippen LogP contribution in [0.5, 0.6) is 11.5 Å². The van der Waals surface area contributed by atoms with Crippen molar-refractivity contribution in [1.29, 1.82) is 0 Å². The van der Waals surface area contributed by atoms with Crippen LogP contribution in [-0.4, -0.2) is 61.8 Å². The fourth-order valence-corrected chi connectivity index (χ4v) is 4.80. The maximum atomic E-state index is 13.3. The van der Waals surface area contributed by atoms with Gasteiger partial charge in [-0.25, -0.2) is 9.59 Å². The number of likely N-dealkylation sites (tertiary alicyclic amines) is 1. The summed E-state index contributed by atoms with van der Waals surface area (Å²) in [6, 6.07) is 9.22. The molecule has 0 amide bonds. The van der Waals surface area contributed by atoms with Gasteiger partial charge in [-0.2, -0.15) is 0 Å². The van der Waals surface area contributed by atoms with Crippen LogP contribution in [0.4, 0.5) is 9.59 Å². The highest BCUT2D eigenvalue weighted by atomic mass is 35.5. The molecular weight excluding hydrogens is 518 g/mol. The first-order valence-electron chi connectivity index (χ1n) is 12.2. The topological polar surface area (TPSA) is 125 Å². The smallest absolute Gasteiger partial charge is 0.507 e. The van der Waals surface area contributed by atoms with Crippen LogP contribution < -0.4 is 10.2 Å². The van der Waals surface area contributed by atoms with Crippen LogP contribution in [0.1, 0.15) is 31.7 Å². The summed E-state index contributed by atoms with van der Waals surface area (Å²) in [7, 11) is 1.87. The lowest BCUT2D eigenvalue weighted by Gasteiger charge is -2.36. The van der Waals surface area contributed by atoms with Crippen LogP contribution in [0.25, 0.3) is 22.3 Å². The predicted octanol–water partition coefficient (Wildman–Crippen LogP) is 5.32. The van der Waals surface area contributed by atoms with Gasteiger partial charge in [0, 0.05) is 35.7 Å². The van der Waals surface area contributed by atoms with E-state index in [1.54, 1.807) is 38.1 Å². The number of rotatable bonds is 6. The van der Waals surface area contributed by atoms with E-state index >= 15 is 0 Å². The SMILES string of the molecule is CCOC(=O)Oc1cc(O)c2c(=O)cc(-c3ccccc3Cl)oc2c1[C@H]1CCN(C)C[C@H]1OC(=O)OCC. The van der Waals surface area contributed by atoms with Gasteiger partial charge < -0.3 is 33.4 Å². The molecule has 0 saturated carbocycles. The third-order valence-corrected chi connectivity index (χ3v) is 6.55. The second kappa shape index (κ2) is 11.7. The molecule has 2 aromatic carbocycles. The number of nitrogens with zero attached hydrogens (tertiary/aromatic N) is 1. The molecule has 1 fully saturated rings. The van der Waals surface area contributed by atoms with E-state index in [0.29, 0.717) is 30.1 Å². The lowest BCUT2D eigenvalue weighted by Crippen LogP contribution is -2.43. The molecule has 3 aromatic rings. The number of benzene rings is 2. The number of aromatic hydroxyl groups is 1. The lowest BCUT2D eigenvalue weighted by atomic mass is 9.85. The van der Waals surface area contributed by atoms with Crippen molar-refractivity contribution in [3.63, 3.8) is 0 Å². The van der Waals surface area contributed by atoms with Crippen LogP contribution in [0.15, 0.2) is 45.6 Å². The zero-order valence-electron chi connectivity index (χ0n) is 21.2. The van der Waals surface area contributed by atoms with Crippen LogP contribution in [0, 0.1) is 0 Å². The number of phenols is 1. The summed E-state index contributed by atoms with van der Waals surface area (Å²) in [6.45, 7) is 4.40. The van der Waals surface area contributed by atoms with Gasteiger partial charge in [-0.1, -0.05) is 23.7 Å². The lowest BCUT2D eigenvalue weighted by molar-refractivity contribution is -0.00919. The molecule has 1 aliphatic heterocycles. The molecule has 0 bridgehead atoms. The molecule has 1 aliphatic rings. The van der Waals surface area contributed by atoms with Gasteiger partial charge in [0.25, 0.3) is 0 Å². The quantitative estimate of drug-likeness (QED) is 0.321. The Labute approximate surface area is 223 Å². The Bertz CT molecular complexity index is 1400. The molecule has 202 valence electrons. The van der Waals surface area contributed by atoms with Crippen molar-refractivity contribution in [1.82, 2.24) is 4.90 Å². The Morgan fingerprint density at radius 2 is 1.84 bits per heavy atom. The fraction of sp³-hybridized carbons (Fsp3) is 0.370. The van der Waals surface area contributed by atoms with Gasteiger partial charge in [0.05, 0.1) is 18.2 Å². The number of hydrogen-bond acceptors (Lipinski definition) is 10. The van der Waals surface area contributed by atoms with E-state index in [0.717, 1.165) is 0 Å². The summed E-state index contributed by atoms with van der Waals surface area (Å²) in [5.74, 6) is -0.969. The minimum absolute atomic E-state index is 0.0151. The van der Waals surface area contributed by atoms with E-state index in [-0.39, 0.29) is 41.3 Å². The molecule has 4 rings (SSSR count). The highest BCUT2D eigenvalue weighted by Crippen LogP contribution is 2.44. The van der Waals surface area contributed by atoms with Gasteiger partial charge in [0.1, 0.15) is 34.3 Å². The monoisotopic (exact) mass is 545 g/mol. The largest absolute Gasteiger partial charge is 0.513 e. The predicted molar refractivity (Wildman–Crippen MR) is 139 cm³/mol. The van der Waals surface area contributed by atoms with Crippen molar-refractivity contribution in [2.24, 2.45) is 0 Å². The van der Waals surface area contributed by atoms with Crippen molar-refractivity contribution in [3.05, 3.63) is 57.2 Å². The zero-order chi connectivity index (χ0) is 27.4. The van der Waals surface area contributed by atoms with E-state index < -0.39 is 35.5 Å². The molecule has 10 nitrogen and oxygen atoms in total. The number of carbonyl (C=O) groups is 2. The minimum atomic E-state index is -1.01. The number of halogens is 1. The Balaban J connectivity index is 1.97. The summed E-state index contributed by atoms with van der Waals surface area (Å²) < 4.78 is 27.3. The molecule has 0 unspecified atom stereocenters. The molecule has 0 radical (unpaired) electrons. The molecule has 1 aromatic heterocycles. The molecule has 0 aliphatic carbocycles. The average molecular weight is 546 g/mol. The van der Waals surface area contributed by atoms with Crippen molar-refractivity contribution in [3.8, 4) is 22.8 Å². The third-order valence-electron chi connectivity index (χ3n) is 6.22. The summed E-state index contributed by atoms with van der Waals surface area (Å²) in [6.07, 6.45) is -2.17. The van der Waals surface area contributed by atoms with E-state index in [9.17, 15) is 19.5 Å². The first kappa shape index (κ1) is 27.3. The van der Waals surface area contributed by atoms with Gasteiger partial charge in [0.15, 0.2) is 5.43 Å². The van der Waals surface area contributed by atoms with Gasteiger partial charge in [-0.05, 0) is 46.0 Å². The normalized spacial score (nSPS) is 17.7. The Kier molecular flexibility index (Phi) is 8.43. The molecule has 2 heterocycles. The molecule has 1 N–H and O–H groups in total. The van der Waals surface area contributed by atoms with Crippen LogP contribution >= 0.6 is 11.6 Å². The van der Waals surface area contributed by atoms with Gasteiger partial charge in [-0.15, -0.1) is 0 Å². The molecule has 1 saturated heterocycles. The first-order valence-corrected chi connectivity index (χ1v) is 12.6. The van der Waals surface area contributed by atoms with Crippen molar-refractivity contribution in [2.45, 2.75) is 32.3 Å². The minimum Gasteiger partial charge on any atom is -0.507 e. The molecule has 38 heavy (non-hydrogen) atoms.